The molecule has 162 valence electrons. The van der Waals surface area contributed by atoms with Gasteiger partial charge in [0.2, 0.25) is 0 Å². The number of fused-ring (bicyclic) bond motifs is 1. The number of benzene rings is 2. The van der Waals surface area contributed by atoms with Gasteiger partial charge in [-0.25, -0.2) is 4.79 Å². The van der Waals surface area contributed by atoms with E-state index in [9.17, 15) is 14.4 Å². The van der Waals surface area contributed by atoms with E-state index in [-0.39, 0.29) is 12.8 Å². The van der Waals surface area contributed by atoms with Crippen molar-refractivity contribution >= 4 is 44.5 Å². The monoisotopic (exact) mass is 487 g/mol. The van der Waals surface area contributed by atoms with E-state index in [2.05, 4.69) is 21.2 Å². The number of anilines is 1. The summed E-state index contributed by atoms with van der Waals surface area (Å²) in [6.07, 6.45) is 0.106. The maximum absolute atomic E-state index is 12.4. The van der Waals surface area contributed by atoms with E-state index in [1.165, 1.54) is 7.11 Å². The first-order chi connectivity index (χ1) is 14.8. The Morgan fingerprint density at radius 1 is 1.13 bits per heavy atom. The molecule has 0 radical (unpaired) electrons. The summed E-state index contributed by atoms with van der Waals surface area (Å²) in [5.41, 5.74) is 2.70. The van der Waals surface area contributed by atoms with Crippen molar-refractivity contribution in [3.63, 3.8) is 0 Å². The molecule has 31 heavy (non-hydrogen) atoms. The maximum atomic E-state index is 12.4. The number of amides is 1. The molecule has 0 fully saturated rings. The van der Waals surface area contributed by atoms with Crippen LogP contribution in [-0.2, 0) is 20.7 Å². The van der Waals surface area contributed by atoms with Crippen molar-refractivity contribution < 1.29 is 23.5 Å². The van der Waals surface area contributed by atoms with E-state index in [0.717, 1.165) is 21.0 Å². The third-order valence-corrected chi connectivity index (χ3v) is 5.49. The van der Waals surface area contributed by atoms with Gasteiger partial charge in [0.05, 0.1) is 12.8 Å². The third kappa shape index (κ3) is 5.52. The van der Waals surface area contributed by atoms with Crippen molar-refractivity contribution in [1.82, 2.24) is 0 Å². The first-order valence-corrected chi connectivity index (χ1v) is 10.4. The molecule has 7 nitrogen and oxygen atoms in total. The molecular weight excluding hydrogens is 466 g/mol. The molecule has 0 unspecified atom stereocenters. The number of carbonyl (C=O) groups is 2. The first kappa shape index (κ1) is 22.6. The van der Waals surface area contributed by atoms with Crippen molar-refractivity contribution in [2.45, 2.75) is 26.7 Å². The lowest BCUT2D eigenvalue weighted by molar-refractivity contribution is -0.147. The average molecular weight is 488 g/mol. The van der Waals surface area contributed by atoms with Crippen LogP contribution in [0, 0.1) is 13.8 Å². The summed E-state index contributed by atoms with van der Waals surface area (Å²) in [5, 5.41) is 3.45. The van der Waals surface area contributed by atoms with Crippen LogP contribution in [0.3, 0.4) is 0 Å². The van der Waals surface area contributed by atoms with Crippen molar-refractivity contribution in [3.8, 4) is 5.75 Å². The summed E-state index contributed by atoms with van der Waals surface area (Å²) in [5.74, 6) is -0.442. The zero-order valence-electron chi connectivity index (χ0n) is 17.4. The van der Waals surface area contributed by atoms with Crippen LogP contribution in [0.5, 0.6) is 5.75 Å². The topological polar surface area (TPSA) is 94.8 Å². The summed E-state index contributed by atoms with van der Waals surface area (Å²) in [4.78, 5) is 36.5. The Morgan fingerprint density at radius 3 is 2.61 bits per heavy atom. The number of carbonyl (C=O) groups excluding carboxylic acids is 2. The molecule has 1 amide bonds. The molecule has 0 aliphatic heterocycles. The Bertz CT molecular complexity index is 1200. The molecule has 0 bridgehead atoms. The van der Waals surface area contributed by atoms with Crippen LogP contribution in [0.4, 0.5) is 5.69 Å². The van der Waals surface area contributed by atoms with Gasteiger partial charge in [0.1, 0.15) is 11.3 Å². The van der Waals surface area contributed by atoms with Gasteiger partial charge in [-0.2, -0.15) is 0 Å². The fourth-order valence-corrected chi connectivity index (χ4v) is 3.74. The predicted molar refractivity (Wildman–Crippen MR) is 121 cm³/mol. The van der Waals surface area contributed by atoms with Gasteiger partial charge in [0, 0.05) is 27.9 Å². The standard InChI is InChI=1S/C23H22BrNO6/c1-13-4-8-19(18(24)10-13)25-21(26)12-30-22(27)9-7-17-14(2)16-6-5-15(29-3)11-20(16)31-23(17)28/h4-6,8,10-11H,7,9,12H2,1-3H3,(H,25,26). The highest BCUT2D eigenvalue weighted by Crippen LogP contribution is 2.25. The highest BCUT2D eigenvalue weighted by molar-refractivity contribution is 9.10. The van der Waals surface area contributed by atoms with Gasteiger partial charge < -0.3 is 19.2 Å². The lowest BCUT2D eigenvalue weighted by Gasteiger charge is -2.10. The van der Waals surface area contributed by atoms with E-state index >= 15 is 0 Å². The minimum Gasteiger partial charge on any atom is -0.497 e. The number of hydrogen-bond donors (Lipinski definition) is 1. The molecule has 1 heterocycles. The third-order valence-electron chi connectivity index (χ3n) is 4.84. The molecule has 0 aliphatic carbocycles. The van der Waals surface area contributed by atoms with Crippen molar-refractivity contribution in [3.05, 3.63) is 68.0 Å². The Kier molecular flexibility index (Phi) is 7.12. The fourth-order valence-electron chi connectivity index (χ4n) is 3.14. The minimum absolute atomic E-state index is 0.0469. The van der Waals surface area contributed by atoms with Crippen LogP contribution in [0.1, 0.15) is 23.1 Å². The van der Waals surface area contributed by atoms with Gasteiger partial charge in [-0.1, -0.05) is 6.07 Å². The van der Waals surface area contributed by atoms with Crippen LogP contribution in [0.2, 0.25) is 0 Å². The van der Waals surface area contributed by atoms with Gasteiger partial charge in [0.25, 0.3) is 5.91 Å². The number of rotatable bonds is 7. The van der Waals surface area contributed by atoms with Crippen molar-refractivity contribution in [2.24, 2.45) is 0 Å². The molecule has 0 atom stereocenters. The Morgan fingerprint density at radius 2 is 1.90 bits per heavy atom. The number of aryl methyl sites for hydroxylation is 2. The molecule has 0 saturated carbocycles. The van der Waals surface area contributed by atoms with Gasteiger partial charge >= 0.3 is 11.6 Å². The Hall–Kier alpha value is -3.13. The number of hydrogen-bond acceptors (Lipinski definition) is 6. The second-order valence-electron chi connectivity index (χ2n) is 7.05. The van der Waals surface area contributed by atoms with Crippen LogP contribution < -0.4 is 15.7 Å². The number of methoxy groups -OCH3 is 1. The molecule has 8 heteroatoms. The number of nitrogens with one attached hydrogen (secondary N) is 1. The van der Waals surface area contributed by atoms with E-state index in [1.54, 1.807) is 25.1 Å². The van der Waals surface area contributed by atoms with Gasteiger partial charge in [-0.3, -0.25) is 9.59 Å². The zero-order valence-corrected chi connectivity index (χ0v) is 19.0. The van der Waals surface area contributed by atoms with Crippen molar-refractivity contribution in [1.29, 1.82) is 0 Å². The average Bonchev–Trinajstić information content (AvgIpc) is 2.73. The van der Waals surface area contributed by atoms with Crippen molar-refractivity contribution in [2.75, 3.05) is 19.0 Å². The summed E-state index contributed by atoms with van der Waals surface area (Å²) >= 11 is 3.38. The Balaban J connectivity index is 1.58. The molecule has 1 N–H and O–H groups in total. The predicted octanol–water partition coefficient (Wildman–Crippen LogP) is 4.30. The Labute approximate surface area is 187 Å². The number of esters is 1. The first-order valence-electron chi connectivity index (χ1n) is 9.60. The summed E-state index contributed by atoms with van der Waals surface area (Å²) in [6.45, 7) is 3.33. The summed E-state index contributed by atoms with van der Waals surface area (Å²) < 4.78 is 16.3. The summed E-state index contributed by atoms with van der Waals surface area (Å²) in [7, 11) is 1.53. The lowest BCUT2D eigenvalue weighted by atomic mass is 10.0. The molecular formula is C23H22BrNO6. The molecule has 3 rings (SSSR count). The fraction of sp³-hybridized carbons (Fsp3) is 0.261. The van der Waals surface area contributed by atoms with Crippen LogP contribution in [0.25, 0.3) is 11.0 Å². The van der Waals surface area contributed by atoms with Crippen LogP contribution in [-0.4, -0.2) is 25.6 Å². The normalized spacial score (nSPS) is 10.7. The number of halogens is 1. The van der Waals surface area contributed by atoms with E-state index in [1.807, 2.05) is 25.1 Å². The second kappa shape index (κ2) is 9.78. The quantitative estimate of drug-likeness (QED) is 0.394. The molecule has 1 aromatic heterocycles. The maximum Gasteiger partial charge on any atom is 0.339 e. The van der Waals surface area contributed by atoms with E-state index in [0.29, 0.717) is 22.6 Å². The lowest BCUT2D eigenvalue weighted by Crippen LogP contribution is -2.21. The second-order valence-corrected chi connectivity index (χ2v) is 7.90. The van der Waals surface area contributed by atoms with E-state index in [4.69, 9.17) is 13.9 Å². The van der Waals surface area contributed by atoms with Gasteiger partial charge in [0.15, 0.2) is 6.61 Å². The van der Waals surface area contributed by atoms with Gasteiger partial charge in [-0.15, -0.1) is 0 Å². The minimum atomic E-state index is -0.577. The zero-order chi connectivity index (χ0) is 22.5. The van der Waals surface area contributed by atoms with Crippen LogP contribution in [0.15, 0.2) is 50.1 Å². The van der Waals surface area contributed by atoms with Gasteiger partial charge in [-0.05, 0) is 71.6 Å². The molecule has 2 aromatic carbocycles. The summed E-state index contributed by atoms with van der Waals surface area (Å²) in [6, 6.07) is 10.7. The highest BCUT2D eigenvalue weighted by atomic mass is 79.9. The molecule has 0 aliphatic rings. The smallest absolute Gasteiger partial charge is 0.339 e. The highest BCUT2D eigenvalue weighted by Gasteiger charge is 2.15. The SMILES string of the molecule is COc1ccc2c(C)c(CCC(=O)OCC(=O)Nc3ccc(C)cc3Br)c(=O)oc2c1. The number of ether oxygens (including phenoxy) is 2. The largest absolute Gasteiger partial charge is 0.497 e. The molecule has 0 saturated heterocycles. The molecule has 0 spiro atoms. The molecule has 3 aromatic rings. The van der Waals surface area contributed by atoms with Crippen LogP contribution >= 0.6 is 15.9 Å². The van der Waals surface area contributed by atoms with E-state index < -0.39 is 24.1 Å².